The largest absolute Gasteiger partial charge is 0.399 e. The van der Waals surface area contributed by atoms with Gasteiger partial charge in [0.05, 0.1) is 6.54 Å². The summed E-state index contributed by atoms with van der Waals surface area (Å²) in [6, 6.07) is 5.52. The number of nitrogens with zero attached hydrogens (tertiary/aromatic N) is 2. The standard InChI is InChI=1S/C13H18ClN3O/c1-16-5-2-6-17(9-13(16)18)8-10-3-4-11(15)7-12(10)14/h3-4,7H,2,5-6,8-9,15H2,1H3. The van der Waals surface area contributed by atoms with Crippen LogP contribution in [-0.4, -0.2) is 42.4 Å². The molecule has 5 heteroatoms. The monoisotopic (exact) mass is 267 g/mol. The zero-order valence-electron chi connectivity index (χ0n) is 10.5. The van der Waals surface area contributed by atoms with E-state index in [2.05, 4.69) is 4.90 Å². The Kier molecular flexibility index (Phi) is 4.09. The van der Waals surface area contributed by atoms with Crippen molar-refractivity contribution in [3.05, 3.63) is 28.8 Å². The van der Waals surface area contributed by atoms with Crippen molar-refractivity contribution in [2.45, 2.75) is 13.0 Å². The van der Waals surface area contributed by atoms with Crippen LogP contribution in [-0.2, 0) is 11.3 Å². The van der Waals surface area contributed by atoms with Crippen molar-refractivity contribution in [2.24, 2.45) is 0 Å². The van der Waals surface area contributed by atoms with Crippen LogP contribution < -0.4 is 5.73 Å². The summed E-state index contributed by atoms with van der Waals surface area (Å²) in [5.41, 5.74) is 7.35. The van der Waals surface area contributed by atoms with Gasteiger partial charge in [0.1, 0.15) is 0 Å². The number of halogens is 1. The van der Waals surface area contributed by atoms with E-state index in [-0.39, 0.29) is 5.91 Å². The molecule has 0 bridgehead atoms. The number of likely N-dealkylation sites (N-methyl/N-ethyl adjacent to an activating group) is 1. The number of nitrogens with two attached hydrogens (primary N) is 1. The van der Waals surface area contributed by atoms with Crippen molar-refractivity contribution in [2.75, 3.05) is 32.4 Å². The first-order chi connectivity index (χ1) is 8.56. The lowest BCUT2D eigenvalue weighted by Crippen LogP contribution is -2.34. The minimum atomic E-state index is 0.166. The van der Waals surface area contributed by atoms with Gasteiger partial charge in [-0.3, -0.25) is 9.69 Å². The van der Waals surface area contributed by atoms with Gasteiger partial charge in [0.2, 0.25) is 5.91 Å². The Morgan fingerprint density at radius 1 is 1.39 bits per heavy atom. The number of carbonyl (C=O) groups excluding carboxylic acids is 1. The maximum atomic E-state index is 11.8. The van der Waals surface area contributed by atoms with Gasteiger partial charge >= 0.3 is 0 Å². The summed E-state index contributed by atoms with van der Waals surface area (Å²) in [7, 11) is 1.85. The molecule has 0 unspecified atom stereocenters. The van der Waals surface area contributed by atoms with E-state index < -0.39 is 0 Å². The number of hydrogen-bond donors (Lipinski definition) is 1. The van der Waals surface area contributed by atoms with E-state index in [1.165, 1.54) is 0 Å². The molecule has 0 radical (unpaired) electrons. The molecule has 98 valence electrons. The van der Waals surface area contributed by atoms with Crippen molar-refractivity contribution in [3.8, 4) is 0 Å². The molecule has 1 aromatic rings. The van der Waals surface area contributed by atoms with Gasteiger partial charge in [-0.05, 0) is 24.1 Å². The second kappa shape index (κ2) is 5.59. The molecule has 0 atom stereocenters. The molecule has 1 heterocycles. The van der Waals surface area contributed by atoms with Gasteiger partial charge in [-0.15, -0.1) is 0 Å². The third-order valence-corrected chi connectivity index (χ3v) is 3.58. The summed E-state index contributed by atoms with van der Waals surface area (Å²) < 4.78 is 0. The lowest BCUT2D eigenvalue weighted by atomic mass is 10.2. The minimum absolute atomic E-state index is 0.166. The zero-order chi connectivity index (χ0) is 13.1. The highest BCUT2D eigenvalue weighted by molar-refractivity contribution is 6.31. The van der Waals surface area contributed by atoms with Gasteiger partial charge in [-0.1, -0.05) is 17.7 Å². The van der Waals surface area contributed by atoms with Crippen molar-refractivity contribution < 1.29 is 4.79 Å². The van der Waals surface area contributed by atoms with Crippen LogP contribution >= 0.6 is 11.6 Å². The smallest absolute Gasteiger partial charge is 0.236 e. The third-order valence-electron chi connectivity index (χ3n) is 3.22. The third kappa shape index (κ3) is 3.15. The minimum Gasteiger partial charge on any atom is -0.399 e. The molecule has 1 aromatic carbocycles. The molecule has 1 fully saturated rings. The number of amides is 1. The normalized spacial score (nSPS) is 17.9. The molecule has 1 aliphatic heterocycles. The fraction of sp³-hybridized carbons (Fsp3) is 0.462. The Labute approximate surface area is 112 Å². The highest BCUT2D eigenvalue weighted by Gasteiger charge is 2.19. The van der Waals surface area contributed by atoms with E-state index in [1.54, 1.807) is 11.0 Å². The average molecular weight is 268 g/mol. The first-order valence-corrected chi connectivity index (χ1v) is 6.44. The molecule has 0 spiro atoms. The van der Waals surface area contributed by atoms with Gasteiger partial charge in [0.25, 0.3) is 0 Å². The lowest BCUT2D eigenvalue weighted by Gasteiger charge is -2.20. The summed E-state index contributed by atoms with van der Waals surface area (Å²) in [4.78, 5) is 15.7. The molecular weight excluding hydrogens is 250 g/mol. The SMILES string of the molecule is CN1CCCN(Cc2ccc(N)cc2Cl)CC1=O. The van der Waals surface area contributed by atoms with Gasteiger partial charge in [0, 0.05) is 37.4 Å². The molecule has 1 saturated heterocycles. The van der Waals surface area contributed by atoms with Crippen LogP contribution in [0.5, 0.6) is 0 Å². The Hall–Kier alpha value is -1.26. The number of hydrogen-bond acceptors (Lipinski definition) is 3. The van der Waals surface area contributed by atoms with Gasteiger partial charge in [0.15, 0.2) is 0 Å². The van der Waals surface area contributed by atoms with Crippen molar-refractivity contribution >= 4 is 23.2 Å². The van der Waals surface area contributed by atoms with E-state index in [4.69, 9.17) is 17.3 Å². The first kappa shape index (κ1) is 13.2. The van der Waals surface area contributed by atoms with Crippen molar-refractivity contribution in [1.82, 2.24) is 9.80 Å². The van der Waals surface area contributed by atoms with Crippen LogP contribution in [0.15, 0.2) is 18.2 Å². The van der Waals surface area contributed by atoms with E-state index in [1.807, 2.05) is 19.2 Å². The number of anilines is 1. The van der Waals surface area contributed by atoms with Gasteiger partial charge in [-0.25, -0.2) is 0 Å². The molecular formula is C13H18ClN3O. The number of benzene rings is 1. The maximum absolute atomic E-state index is 11.8. The number of carbonyl (C=O) groups is 1. The fourth-order valence-electron chi connectivity index (χ4n) is 2.11. The van der Waals surface area contributed by atoms with Crippen molar-refractivity contribution in [3.63, 3.8) is 0 Å². The van der Waals surface area contributed by atoms with Crippen molar-refractivity contribution in [1.29, 1.82) is 0 Å². The highest BCUT2D eigenvalue weighted by Crippen LogP contribution is 2.21. The summed E-state index contributed by atoms with van der Waals surface area (Å²) in [6.07, 6.45) is 0.995. The maximum Gasteiger partial charge on any atom is 0.236 e. The first-order valence-electron chi connectivity index (χ1n) is 6.06. The predicted molar refractivity (Wildman–Crippen MR) is 73.4 cm³/mol. The Balaban J connectivity index is 2.06. The quantitative estimate of drug-likeness (QED) is 0.828. The van der Waals surface area contributed by atoms with Crippen LogP contribution in [0, 0.1) is 0 Å². The second-order valence-corrected chi connectivity index (χ2v) is 5.14. The number of nitrogen functional groups attached to an aromatic ring is 1. The Morgan fingerprint density at radius 2 is 2.17 bits per heavy atom. The van der Waals surface area contributed by atoms with Crippen LogP contribution in [0.3, 0.4) is 0 Å². The van der Waals surface area contributed by atoms with Crippen LogP contribution in [0.2, 0.25) is 5.02 Å². The van der Waals surface area contributed by atoms with Gasteiger partial charge in [-0.2, -0.15) is 0 Å². The zero-order valence-corrected chi connectivity index (χ0v) is 11.3. The van der Waals surface area contributed by atoms with Crippen LogP contribution in [0.4, 0.5) is 5.69 Å². The van der Waals surface area contributed by atoms with E-state index in [9.17, 15) is 4.79 Å². The number of rotatable bonds is 2. The lowest BCUT2D eigenvalue weighted by molar-refractivity contribution is -0.129. The molecule has 2 rings (SSSR count). The Bertz CT molecular complexity index is 450. The molecule has 1 aliphatic rings. The summed E-state index contributed by atoms with van der Waals surface area (Å²) >= 11 is 6.15. The van der Waals surface area contributed by atoms with Crippen LogP contribution in [0.25, 0.3) is 0 Å². The summed E-state index contributed by atoms with van der Waals surface area (Å²) in [5, 5.41) is 0.667. The second-order valence-electron chi connectivity index (χ2n) is 4.73. The fourth-order valence-corrected chi connectivity index (χ4v) is 2.36. The molecule has 0 aliphatic carbocycles. The molecule has 2 N–H and O–H groups in total. The van der Waals surface area contributed by atoms with Gasteiger partial charge < -0.3 is 10.6 Å². The van der Waals surface area contributed by atoms with E-state index >= 15 is 0 Å². The highest BCUT2D eigenvalue weighted by atomic mass is 35.5. The topological polar surface area (TPSA) is 49.6 Å². The van der Waals surface area contributed by atoms with Crippen LogP contribution in [0.1, 0.15) is 12.0 Å². The average Bonchev–Trinajstić information content (AvgIpc) is 2.46. The van der Waals surface area contributed by atoms with E-state index in [0.717, 1.165) is 25.1 Å². The molecule has 18 heavy (non-hydrogen) atoms. The molecule has 0 aromatic heterocycles. The Morgan fingerprint density at radius 3 is 2.89 bits per heavy atom. The molecule has 4 nitrogen and oxygen atoms in total. The summed E-state index contributed by atoms with van der Waals surface area (Å²) in [5.74, 6) is 0.166. The molecule has 0 saturated carbocycles. The van der Waals surface area contributed by atoms with E-state index in [0.29, 0.717) is 23.8 Å². The molecule has 1 amide bonds. The predicted octanol–water partition coefficient (Wildman–Crippen LogP) is 1.59. The summed E-state index contributed by atoms with van der Waals surface area (Å²) in [6.45, 7) is 2.89.